The van der Waals surface area contributed by atoms with E-state index < -0.39 is 62.6 Å². The average Bonchev–Trinajstić information content (AvgIpc) is 2.84. The molecule has 0 rings (SSSR count). The van der Waals surface area contributed by atoms with Crippen LogP contribution in [-0.4, -0.2) is 125 Å². The van der Waals surface area contributed by atoms with Crippen LogP contribution in [0.5, 0.6) is 0 Å². The van der Waals surface area contributed by atoms with E-state index >= 15 is 0 Å². The fourth-order valence-corrected chi connectivity index (χ4v) is 30.8. The Bertz CT molecular complexity index is 724. The summed E-state index contributed by atoms with van der Waals surface area (Å²) in [6.45, 7) is 35.9. The van der Waals surface area contributed by atoms with Gasteiger partial charge >= 0.3 is 17.1 Å². The number of rotatable bonds is 31. The maximum atomic E-state index is 10.3. The number of unbranched alkanes of at least 4 members (excludes halogenated alkanes) is 3. The van der Waals surface area contributed by atoms with Gasteiger partial charge in [-0.3, -0.25) is 0 Å². The third kappa shape index (κ3) is 31.6. The first-order valence-electron chi connectivity index (χ1n) is 18.6. The van der Waals surface area contributed by atoms with Crippen LogP contribution in [0.3, 0.4) is 0 Å². The predicted molar refractivity (Wildman–Crippen MR) is 218 cm³/mol. The largest absolute Gasteiger partial charge is 0.437 e. The molecule has 0 bridgehead atoms. The molecule has 2 unspecified atom stereocenters. The van der Waals surface area contributed by atoms with E-state index in [0.717, 1.165) is 63.7 Å². The fraction of sp³-hybridized carbons (Fsp3) is 1.00. The van der Waals surface area contributed by atoms with Crippen molar-refractivity contribution in [2.75, 3.05) is 52.6 Å². The molecule has 0 aromatic rings. The van der Waals surface area contributed by atoms with E-state index in [1.807, 2.05) is 0 Å². The number of aliphatic hydroxyl groups excluding tert-OH is 2. The third-order valence-electron chi connectivity index (χ3n) is 6.76. The van der Waals surface area contributed by atoms with Crippen LogP contribution in [0.4, 0.5) is 0 Å². The van der Waals surface area contributed by atoms with Crippen molar-refractivity contribution < 1.29 is 36.1 Å². The number of hydrogen-bond acceptors (Lipinski definition) is 10. The van der Waals surface area contributed by atoms with Gasteiger partial charge in [-0.25, -0.2) is 0 Å². The Labute approximate surface area is 303 Å². The highest BCUT2D eigenvalue weighted by molar-refractivity contribution is 6.88. The summed E-state index contributed by atoms with van der Waals surface area (Å²) < 4.78 is 37.8. The molecule has 0 aliphatic rings. The van der Waals surface area contributed by atoms with Crippen LogP contribution >= 0.6 is 0 Å². The van der Waals surface area contributed by atoms with Gasteiger partial charge in [-0.15, -0.1) is 0 Å². The second kappa shape index (κ2) is 23.5. The van der Waals surface area contributed by atoms with Gasteiger partial charge in [0.2, 0.25) is 0 Å². The molecule has 0 aromatic heterocycles. The zero-order valence-corrected chi connectivity index (χ0v) is 39.8. The van der Waals surface area contributed by atoms with Gasteiger partial charge in [0.15, 0.2) is 33.3 Å². The first-order chi connectivity index (χ1) is 21.8. The molecule has 0 radical (unpaired) electrons. The van der Waals surface area contributed by atoms with E-state index in [4.69, 9.17) is 25.9 Å². The Kier molecular flexibility index (Phi) is 24.0. The number of nitrogens with one attached hydrogen (secondary N) is 2. The quantitative estimate of drug-likeness (QED) is 0.0441. The topological polar surface area (TPSA) is 120 Å². The van der Waals surface area contributed by atoms with Gasteiger partial charge in [-0.2, -0.15) is 0 Å². The molecule has 16 heteroatoms. The van der Waals surface area contributed by atoms with Crippen LogP contribution in [-0.2, 0) is 25.9 Å². The normalized spacial score (nSPS) is 15.2. The van der Waals surface area contributed by atoms with Crippen LogP contribution in [0, 0.1) is 0 Å². The standard InChI is InChI=1S/C32H80N2O8Si6/c1-43(2,3)39-47(13,40-44(4,5)6)25-19-23-37-29-31(35)27-33-21-17-15-16-18-22-34-28-32(36)30-38-24-20-26-48(14,41-45(7,8)9)42-46(10,11)12/h31-36H,15-30H2,1-14H3. The first-order valence-corrected chi connectivity index (χ1v) is 37.2. The molecule has 0 saturated carbocycles. The van der Waals surface area contributed by atoms with Crippen LogP contribution in [0.1, 0.15) is 38.5 Å². The van der Waals surface area contributed by atoms with E-state index in [0.29, 0.717) is 39.5 Å². The summed E-state index contributed by atoms with van der Waals surface area (Å²) in [5.74, 6) is 0. The summed E-state index contributed by atoms with van der Waals surface area (Å²) in [7, 11) is -11.2. The third-order valence-corrected chi connectivity index (χ3v) is 26.0. The van der Waals surface area contributed by atoms with Gasteiger partial charge in [0.05, 0.1) is 25.4 Å². The van der Waals surface area contributed by atoms with Gasteiger partial charge in [0.1, 0.15) is 0 Å². The lowest BCUT2D eigenvalue weighted by Gasteiger charge is -2.38. The molecule has 0 fully saturated rings. The van der Waals surface area contributed by atoms with Gasteiger partial charge in [-0.1, -0.05) is 12.8 Å². The zero-order chi connectivity index (χ0) is 37.1. The second-order valence-electron chi connectivity index (χ2n) is 17.6. The smallest absolute Gasteiger partial charge is 0.314 e. The van der Waals surface area contributed by atoms with Crippen LogP contribution in [0.2, 0.25) is 104 Å². The highest BCUT2D eigenvalue weighted by Gasteiger charge is 2.41. The molecule has 0 saturated heterocycles. The SMILES string of the molecule is C[Si](C)(C)O[Si](C)(CCCOCC(O)CNCCCCCCNCC(O)COCCC[Si](C)(O[Si](C)(C)C)O[Si](C)(C)C)O[Si](C)(C)C. The van der Waals surface area contributed by atoms with Crippen LogP contribution in [0.15, 0.2) is 0 Å². The van der Waals surface area contributed by atoms with E-state index in [-0.39, 0.29) is 0 Å². The molecule has 48 heavy (non-hydrogen) atoms. The number of aliphatic hydroxyl groups is 2. The molecule has 2 atom stereocenters. The molecular formula is C32H80N2O8Si6. The van der Waals surface area contributed by atoms with Crippen molar-refractivity contribution in [3.8, 4) is 0 Å². The monoisotopic (exact) mass is 788 g/mol. The van der Waals surface area contributed by atoms with Crippen molar-refractivity contribution in [2.24, 2.45) is 0 Å². The Morgan fingerprint density at radius 2 is 0.729 bits per heavy atom. The van der Waals surface area contributed by atoms with Crippen molar-refractivity contribution >= 4 is 50.4 Å². The average molecular weight is 790 g/mol. The van der Waals surface area contributed by atoms with Gasteiger partial charge in [-0.05, 0) is 143 Å². The van der Waals surface area contributed by atoms with Crippen molar-refractivity contribution in [3.63, 3.8) is 0 Å². The zero-order valence-electron chi connectivity index (χ0n) is 33.8. The molecule has 0 aromatic carbocycles. The van der Waals surface area contributed by atoms with Gasteiger partial charge in [0, 0.05) is 26.3 Å². The van der Waals surface area contributed by atoms with Gasteiger partial charge < -0.3 is 46.8 Å². The molecule has 0 spiro atoms. The molecule has 0 aliphatic heterocycles. The Balaban J connectivity index is 3.87. The van der Waals surface area contributed by atoms with E-state index in [2.05, 4.69) is 102 Å². The van der Waals surface area contributed by atoms with Crippen molar-refractivity contribution in [2.45, 2.75) is 154 Å². The van der Waals surface area contributed by atoms with Crippen molar-refractivity contribution in [1.29, 1.82) is 0 Å². The number of ether oxygens (including phenoxy) is 2. The molecule has 4 N–H and O–H groups in total. The number of hydrogen-bond donors (Lipinski definition) is 4. The minimum absolute atomic E-state index is 0.347. The van der Waals surface area contributed by atoms with Crippen LogP contribution < -0.4 is 10.6 Å². The van der Waals surface area contributed by atoms with Crippen molar-refractivity contribution in [3.05, 3.63) is 0 Å². The summed E-state index contributed by atoms with van der Waals surface area (Å²) in [4.78, 5) is 0. The van der Waals surface area contributed by atoms with Gasteiger partial charge in [0.25, 0.3) is 0 Å². The van der Waals surface area contributed by atoms with E-state index in [1.54, 1.807) is 0 Å². The summed E-state index contributed by atoms with van der Waals surface area (Å²) >= 11 is 0. The summed E-state index contributed by atoms with van der Waals surface area (Å²) in [6.07, 6.45) is 5.22. The summed E-state index contributed by atoms with van der Waals surface area (Å²) in [5, 5.41) is 27.3. The second-order valence-corrected chi connectivity index (χ2v) is 43.3. The molecule has 0 amide bonds. The highest BCUT2D eigenvalue weighted by atomic mass is 28.5. The Morgan fingerprint density at radius 1 is 0.438 bits per heavy atom. The lowest BCUT2D eigenvalue weighted by Crippen LogP contribution is -2.52. The van der Waals surface area contributed by atoms with E-state index in [9.17, 15) is 10.2 Å². The Hall–Kier alpha value is 0.901. The molecular weight excluding hydrogens is 709 g/mol. The maximum Gasteiger partial charge on any atom is 0.314 e. The summed E-state index contributed by atoms with van der Waals surface area (Å²) in [6, 6.07) is 1.85. The van der Waals surface area contributed by atoms with Crippen molar-refractivity contribution in [1.82, 2.24) is 10.6 Å². The fourth-order valence-electron chi connectivity index (χ4n) is 5.77. The summed E-state index contributed by atoms with van der Waals surface area (Å²) in [5.41, 5.74) is 0. The molecule has 0 heterocycles. The lowest BCUT2D eigenvalue weighted by molar-refractivity contribution is 0.0368. The lowest BCUT2D eigenvalue weighted by atomic mass is 10.2. The minimum Gasteiger partial charge on any atom is -0.437 e. The highest BCUT2D eigenvalue weighted by Crippen LogP contribution is 2.26. The molecule has 290 valence electrons. The Morgan fingerprint density at radius 3 is 1.00 bits per heavy atom. The van der Waals surface area contributed by atoms with Crippen LogP contribution in [0.25, 0.3) is 0 Å². The predicted octanol–water partition coefficient (Wildman–Crippen LogP) is 6.81. The maximum absolute atomic E-state index is 10.3. The molecule has 10 nitrogen and oxygen atoms in total. The van der Waals surface area contributed by atoms with E-state index in [1.165, 1.54) is 0 Å². The molecule has 0 aliphatic carbocycles. The minimum atomic E-state index is -2.23. The first kappa shape index (κ1) is 48.9.